The number of hydrogen-bond acceptors (Lipinski definition) is 5. The van der Waals surface area contributed by atoms with Crippen LogP contribution in [0.4, 0.5) is 0 Å². The molecule has 1 aromatic carbocycles. The van der Waals surface area contributed by atoms with Crippen LogP contribution in [0.25, 0.3) is 11.4 Å². The Morgan fingerprint density at radius 2 is 2.04 bits per heavy atom. The van der Waals surface area contributed by atoms with Gasteiger partial charge in [-0.1, -0.05) is 48.2 Å². The molecule has 0 bridgehead atoms. The zero-order valence-corrected chi connectivity index (χ0v) is 15.4. The van der Waals surface area contributed by atoms with Crippen LogP contribution in [0, 0.1) is 6.92 Å². The Morgan fingerprint density at radius 1 is 1.19 bits per heavy atom. The quantitative estimate of drug-likeness (QED) is 0.660. The van der Waals surface area contributed by atoms with E-state index in [1.165, 1.54) is 12.7 Å². The smallest absolute Gasteiger partial charge is 0.290 e. The van der Waals surface area contributed by atoms with Gasteiger partial charge in [0.15, 0.2) is 5.76 Å². The summed E-state index contributed by atoms with van der Waals surface area (Å²) in [6, 6.07) is 11.6. The number of nitrogens with zero attached hydrogens (tertiary/aromatic N) is 3. The molecule has 27 heavy (non-hydrogen) atoms. The van der Waals surface area contributed by atoms with E-state index in [2.05, 4.69) is 10.1 Å². The highest BCUT2D eigenvalue weighted by molar-refractivity contribution is 5.91. The Kier molecular flexibility index (Phi) is 5.05. The summed E-state index contributed by atoms with van der Waals surface area (Å²) >= 11 is 0. The lowest BCUT2D eigenvalue weighted by Crippen LogP contribution is -2.40. The number of amides is 1. The third-order valence-electron chi connectivity index (χ3n) is 5.06. The topological polar surface area (TPSA) is 72.4 Å². The highest BCUT2D eigenvalue weighted by atomic mass is 16.5. The van der Waals surface area contributed by atoms with E-state index in [9.17, 15) is 4.79 Å². The third kappa shape index (κ3) is 3.94. The zero-order valence-electron chi connectivity index (χ0n) is 15.4. The molecule has 0 saturated heterocycles. The van der Waals surface area contributed by atoms with Gasteiger partial charge < -0.3 is 13.8 Å². The van der Waals surface area contributed by atoms with Crippen LogP contribution in [-0.2, 0) is 6.54 Å². The standard InChI is InChI=1S/C21H23N3O3/c1-15-7-5-8-16(13-15)20-22-19(27-23-20)14-24(17-9-3-2-4-10-17)21(25)18-11-6-12-26-18/h5-8,11-13,17H,2-4,9-10,14H2,1H3. The molecule has 1 fully saturated rings. The normalized spacial score (nSPS) is 15.0. The molecular weight excluding hydrogens is 342 g/mol. The molecular formula is C21H23N3O3. The minimum atomic E-state index is -0.123. The number of hydrogen-bond donors (Lipinski definition) is 0. The molecule has 2 aromatic heterocycles. The van der Waals surface area contributed by atoms with Crippen molar-refractivity contribution >= 4 is 5.91 Å². The van der Waals surface area contributed by atoms with Crippen LogP contribution in [0.1, 0.15) is 54.1 Å². The number of carbonyl (C=O) groups is 1. The predicted octanol–water partition coefficient (Wildman–Crippen LogP) is 4.61. The van der Waals surface area contributed by atoms with Crippen LogP contribution in [0.15, 0.2) is 51.6 Å². The van der Waals surface area contributed by atoms with Gasteiger partial charge in [0.1, 0.15) is 6.54 Å². The van der Waals surface area contributed by atoms with E-state index >= 15 is 0 Å². The molecule has 0 N–H and O–H groups in total. The number of aryl methyl sites for hydroxylation is 1. The fourth-order valence-electron chi connectivity index (χ4n) is 3.67. The summed E-state index contributed by atoms with van der Waals surface area (Å²) in [5.41, 5.74) is 2.04. The van der Waals surface area contributed by atoms with Crippen LogP contribution in [0.2, 0.25) is 0 Å². The SMILES string of the molecule is Cc1cccc(-c2noc(CN(C(=O)c3ccco3)C3CCCCC3)n2)c1. The summed E-state index contributed by atoms with van der Waals surface area (Å²) in [6.07, 6.45) is 6.98. The van der Waals surface area contributed by atoms with Crippen molar-refractivity contribution in [1.29, 1.82) is 0 Å². The first-order valence-corrected chi connectivity index (χ1v) is 9.45. The van der Waals surface area contributed by atoms with Gasteiger partial charge in [0, 0.05) is 11.6 Å². The minimum Gasteiger partial charge on any atom is -0.459 e. The Bertz CT molecular complexity index is 895. The minimum absolute atomic E-state index is 0.123. The number of carbonyl (C=O) groups excluding carboxylic acids is 1. The highest BCUT2D eigenvalue weighted by Crippen LogP contribution is 2.26. The van der Waals surface area contributed by atoms with Crippen LogP contribution in [0.3, 0.4) is 0 Å². The van der Waals surface area contributed by atoms with E-state index in [0.717, 1.165) is 36.8 Å². The monoisotopic (exact) mass is 365 g/mol. The number of rotatable bonds is 5. The molecule has 1 aliphatic rings. The molecule has 1 saturated carbocycles. The molecule has 6 heteroatoms. The van der Waals surface area contributed by atoms with Gasteiger partial charge in [-0.15, -0.1) is 0 Å². The van der Waals surface area contributed by atoms with Crippen LogP contribution >= 0.6 is 0 Å². The average Bonchev–Trinajstić information content (AvgIpc) is 3.38. The van der Waals surface area contributed by atoms with Gasteiger partial charge >= 0.3 is 0 Å². The molecule has 4 rings (SSSR count). The molecule has 1 amide bonds. The second kappa shape index (κ2) is 7.78. The Labute approximate surface area is 158 Å². The molecule has 0 spiro atoms. The first-order valence-electron chi connectivity index (χ1n) is 9.45. The van der Waals surface area contributed by atoms with Gasteiger partial charge in [0.05, 0.1) is 6.26 Å². The maximum atomic E-state index is 13.0. The second-order valence-electron chi connectivity index (χ2n) is 7.08. The molecule has 2 heterocycles. The summed E-state index contributed by atoms with van der Waals surface area (Å²) in [7, 11) is 0. The molecule has 0 radical (unpaired) electrons. The fraction of sp³-hybridized carbons (Fsp3) is 0.381. The number of benzene rings is 1. The van der Waals surface area contributed by atoms with Crippen LogP contribution in [0.5, 0.6) is 0 Å². The maximum absolute atomic E-state index is 13.0. The Balaban J connectivity index is 1.57. The highest BCUT2D eigenvalue weighted by Gasteiger charge is 2.29. The van der Waals surface area contributed by atoms with E-state index < -0.39 is 0 Å². The molecule has 140 valence electrons. The Hall–Kier alpha value is -2.89. The summed E-state index contributed by atoms with van der Waals surface area (Å²) in [5, 5.41) is 4.10. The lowest BCUT2D eigenvalue weighted by molar-refractivity contribution is 0.0554. The van der Waals surface area contributed by atoms with Crippen LogP contribution < -0.4 is 0 Å². The summed E-state index contributed by atoms with van der Waals surface area (Å²) < 4.78 is 10.8. The van der Waals surface area contributed by atoms with Crippen molar-refractivity contribution in [2.45, 2.75) is 51.6 Å². The van der Waals surface area contributed by atoms with Gasteiger partial charge in [0.2, 0.25) is 11.7 Å². The largest absolute Gasteiger partial charge is 0.459 e. The second-order valence-corrected chi connectivity index (χ2v) is 7.08. The molecule has 1 aliphatic carbocycles. The van der Waals surface area contributed by atoms with Crippen LogP contribution in [-0.4, -0.2) is 27.0 Å². The van der Waals surface area contributed by atoms with Gasteiger partial charge in [0.25, 0.3) is 5.91 Å². The van der Waals surface area contributed by atoms with Crippen molar-refractivity contribution < 1.29 is 13.7 Å². The molecule has 0 aliphatic heterocycles. The number of furan rings is 1. The summed E-state index contributed by atoms with van der Waals surface area (Å²) in [4.78, 5) is 19.3. The molecule has 0 atom stereocenters. The van der Waals surface area contributed by atoms with Gasteiger partial charge in [-0.05, 0) is 38.0 Å². The Morgan fingerprint density at radius 3 is 2.78 bits per heavy atom. The van der Waals surface area contributed by atoms with Gasteiger partial charge in [-0.2, -0.15) is 4.98 Å². The molecule has 3 aromatic rings. The van der Waals surface area contributed by atoms with Crippen molar-refractivity contribution in [3.63, 3.8) is 0 Å². The summed E-state index contributed by atoms with van der Waals surface area (Å²) in [6.45, 7) is 2.32. The van der Waals surface area contributed by atoms with E-state index in [0.29, 0.717) is 24.0 Å². The maximum Gasteiger partial charge on any atom is 0.290 e. The first kappa shape index (κ1) is 17.5. The van der Waals surface area contributed by atoms with Crippen molar-refractivity contribution in [2.24, 2.45) is 0 Å². The first-order chi connectivity index (χ1) is 13.2. The summed E-state index contributed by atoms with van der Waals surface area (Å²) in [5.74, 6) is 1.21. The third-order valence-corrected chi connectivity index (χ3v) is 5.06. The van der Waals surface area contributed by atoms with E-state index in [1.807, 2.05) is 36.1 Å². The average molecular weight is 365 g/mol. The van der Waals surface area contributed by atoms with Gasteiger partial charge in [-0.3, -0.25) is 4.79 Å². The number of aromatic nitrogens is 2. The van der Waals surface area contributed by atoms with Crippen molar-refractivity contribution in [2.75, 3.05) is 0 Å². The van der Waals surface area contributed by atoms with E-state index in [4.69, 9.17) is 8.94 Å². The van der Waals surface area contributed by atoms with Gasteiger partial charge in [-0.25, -0.2) is 0 Å². The van der Waals surface area contributed by atoms with Crippen molar-refractivity contribution in [3.8, 4) is 11.4 Å². The zero-order chi connectivity index (χ0) is 18.6. The van der Waals surface area contributed by atoms with Crippen molar-refractivity contribution in [3.05, 3.63) is 59.9 Å². The molecule has 6 nitrogen and oxygen atoms in total. The fourth-order valence-corrected chi connectivity index (χ4v) is 3.67. The van der Waals surface area contributed by atoms with E-state index in [-0.39, 0.29) is 11.9 Å². The predicted molar refractivity (Wildman–Crippen MR) is 99.9 cm³/mol. The molecule has 0 unspecified atom stereocenters. The lowest BCUT2D eigenvalue weighted by Gasteiger charge is -2.32. The van der Waals surface area contributed by atoms with Crippen molar-refractivity contribution in [1.82, 2.24) is 15.0 Å². The lowest BCUT2D eigenvalue weighted by atomic mass is 9.94. The van der Waals surface area contributed by atoms with E-state index in [1.54, 1.807) is 12.1 Å².